The molecule has 2 aromatic heterocycles. The predicted octanol–water partition coefficient (Wildman–Crippen LogP) is 5.38. The lowest BCUT2D eigenvalue weighted by atomic mass is 10.2. The van der Waals surface area contributed by atoms with E-state index in [1.807, 2.05) is 59.5 Å². The maximum absolute atomic E-state index is 13.4. The summed E-state index contributed by atoms with van der Waals surface area (Å²) in [5, 5.41) is 0.698. The van der Waals surface area contributed by atoms with Gasteiger partial charge in [0.1, 0.15) is 5.75 Å². The number of thiazole rings is 1. The molecule has 0 N–H and O–H groups in total. The number of rotatable bonds is 8. The molecule has 0 spiro atoms. The van der Waals surface area contributed by atoms with Crippen molar-refractivity contribution in [2.75, 3.05) is 24.8 Å². The normalized spacial score (nSPS) is 10.6. The van der Waals surface area contributed by atoms with Crippen molar-refractivity contribution in [3.05, 3.63) is 66.7 Å². The second-order valence-corrected chi connectivity index (χ2v) is 8.56. The number of nitrogens with zero attached hydrogens (tertiary/aromatic N) is 4. The van der Waals surface area contributed by atoms with Gasteiger partial charge in [0.2, 0.25) is 0 Å². The van der Waals surface area contributed by atoms with E-state index < -0.39 is 0 Å². The maximum atomic E-state index is 13.4. The number of aryl methyl sites for hydroxylation is 1. The van der Waals surface area contributed by atoms with Crippen molar-refractivity contribution in [1.29, 1.82) is 0 Å². The number of halogens is 1. The Balaban J connectivity index is 0.00000272. The summed E-state index contributed by atoms with van der Waals surface area (Å²) < 4.78 is 8.34. The van der Waals surface area contributed by atoms with Gasteiger partial charge in [-0.25, -0.2) is 9.97 Å². The lowest BCUT2D eigenvalue weighted by Gasteiger charge is -2.20. The van der Waals surface area contributed by atoms with Crippen molar-refractivity contribution in [2.45, 2.75) is 17.9 Å². The monoisotopic (exact) mass is 474 g/mol. The van der Waals surface area contributed by atoms with E-state index in [9.17, 15) is 4.79 Å². The van der Waals surface area contributed by atoms with Crippen molar-refractivity contribution < 1.29 is 9.53 Å². The molecule has 2 heterocycles. The molecular weight excluding hydrogens is 452 g/mol. The first-order chi connectivity index (χ1) is 14.7. The Morgan fingerprint density at radius 1 is 1.26 bits per heavy atom. The minimum Gasteiger partial charge on any atom is -0.497 e. The number of amides is 1. The molecule has 4 rings (SSSR count). The molecule has 31 heavy (non-hydrogen) atoms. The van der Waals surface area contributed by atoms with Crippen LogP contribution in [-0.4, -0.2) is 40.4 Å². The molecule has 0 aliphatic rings. The summed E-state index contributed by atoms with van der Waals surface area (Å²) in [6.45, 7) is 1.35. The molecule has 0 fully saturated rings. The van der Waals surface area contributed by atoms with Crippen LogP contribution in [0, 0.1) is 0 Å². The van der Waals surface area contributed by atoms with Crippen LogP contribution < -0.4 is 9.64 Å². The Morgan fingerprint density at radius 3 is 2.87 bits per heavy atom. The number of ether oxygens (including phenoxy) is 1. The van der Waals surface area contributed by atoms with Gasteiger partial charge in [-0.05, 0) is 49.1 Å². The molecule has 6 nitrogen and oxygen atoms in total. The quantitative estimate of drug-likeness (QED) is 0.321. The zero-order valence-corrected chi connectivity index (χ0v) is 19.7. The second-order valence-electron chi connectivity index (χ2n) is 6.67. The Hall–Kier alpha value is -2.55. The number of aromatic nitrogens is 3. The molecule has 0 aliphatic heterocycles. The van der Waals surface area contributed by atoms with Gasteiger partial charge in [-0.2, -0.15) is 0 Å². The molecule has 9 heteroatoms. The Labute approximate surface area is 195 Å². The topological polar surface area (TPSA) is 60.2 Å². The van der Waals surface area contributed by atoms with E-state index in [2.05, 4.69) is 4.98 Å². The van der Waals surface area contributed by atoms with E-state index >= 15 is 0 Å². The first-order valence-electron chi connectivity index (χ1n) is 9.54. The molecule has 162 valence electrons. The molecule has 0 saturated carbocycles. The standard InChI is InChI=1S/C22H22N4O2S2.ClH/c1-28-17-7-8-19-20(14-17)30-22(24-19)26(11-4-10-25-12-9-23-15-25)21(27)16-5-3-6-18(13-16)29-2;/h3,5-9,12-15H,4,10-11H2,1-2H3;1H. The number of benzene rings is 2. The van der Waals surface area contributed by atoms with Crippen LogP contribution >= 0.6 is 35.5 Å². The minimum absolute atomic E-state index is 0. The molecule has 4 aromatic rings. The predicted molar refractivity (Wildman–Crippen MR) is 130 cm³/mol. The fraction of sp³-hybridized carbons (Fsp3) is 0.227. The number of thioether (sulfide) groups is 1. The fourth-order valence-electron chi connectivity index (χ4n) is 3.16. The number of fused-ring (bicyclic) bond motifs is 1. The Bertz CT molecular complexity index is 1150. The smallest absolute Gasteiger partial charge is 0.260 e. The summed E-state index contributed by atoms with van der Waals surface area (Å²) in [5.41, 5.74) is 1.53. The van der Waals surface area contributed by atoms with Gasteiger partial charge in [-0.1, -0.05) is 17.4 Å². The lowest BCUT2D eigenvalue weighted by molar-refractivity contribution is 0.0986. The average Bonchev–Trinajstić information content (AvgIpc) is 3.45. The van der Waals surface area contributed by atoms with Gasteiger partial charge in [-0.15, -0.1) is 24.2 Å². The van der Waals surface area contributed by atoms with Crippen LogP contribution in [0.25, 0.3) is 10.2 Å². The largest absolute Gasteiger partial charge is 0.497 e. The zero-order chi connectivity index (χ0) is 20.9. The van der Waals surface area contributed by atoms with E-state index in [4.69, 9.17) is 9.72 Å². The number of methoxy groups -OCH3 is 1. The molecule has 0 aliphatic carbocycles. The third-order valence-electron chi connectivity index (χ3n) is 4.73. The van der Waals surface area contributed by atoms with E-state index in [0.29, 0.717) is 17.2 Å². The molecular formula is C22H23ClN4O2S2. The number of carbonyl (C=O) groups excluding carboxylic acids is 1. The van der Waals surface area contributed by atoms with Gasteiger partial charge in [-0.3, -0.25) is 9.69 Å². The van der Waals surface area contributed by atoms with Crippen LogP contribution in [0.15, 0.2) is 66.1 Å². The third kappa shape index (κ3) is 5.39. The molecule has 0 saturated heterocycles. The van der Waals surface area contributed by atoms with E-state index in [-0.39, 0.29) is 18.3 Å². The van der Waals surface area contributed by atoms with Crippen LogP contribution in [0.5, 0.6) is 5.75 Å². The van der Waals surface area contributed by atoms with Gasteiger partial charge >= 0.3 is 0 Å². The van der Waals surface area contributed by atoms with Crippen molar-refractivity contribution >= 4 is 56.8 Å². The Kier molecular flexibility index (Phi) is 7.95. The van der Waals surface area contributed by atoms with Gasteiger partial charge in [0.15, 0.2) is 5.13 Å². The first kappa shape index (κ1) is 23.1. The molecule has 0 unspecified atom stereocenters. The molecule has 0 bridgehead atoms. The van der Waals surface area contributed by atoms with Crippen molar-refractivity contribution in [1.82, 2.24) is 14.5 Å². The summed E-state index contributed by atoms with van der Waals surface area (Å²) in [6.07, 6.45) is 8.28. The highest BCUT2D eigenvalue weighted by atomic mass is 35.5. The highest BCUT2D eigenvalue weighted by Crippen LogP contribution is 2.32. The molecule has 0 atom stereocenters. The van der Waals surface area contributed by atoms with Gasteiger partial charge < -0.3 is 9.30 Å². The van der Waals surface area contributed by atoms with Crippen molar-refractivity contribution in [2.24, 2.45) is 0 Å². The number of hydrogen-bond donors (Lipinski definition) is 0. The molecule has 2 aromatic carbocycles. The van der Waals surface area contributed by atoms with Gasteiger partial charge in [0, 0.05) is 35.9 Å². The molecule has 1 amide bonds. The van der Waals surface area contributed by atoms with Gasteiger partial charge in [0.25, 0.3) is 5.91 Å². The Morgan fingerprint density at radius 2 is 2.13 bits per heavy atom. The number of imidazole rings is 1. The fourth-order valence-corrected chi connectivity index (χ4v) is 4.64. The van der Waals surface area contributed by atoms with Crippen molar-refractivity contribution in [3.63, 3.8) is 0 Å². The second kappa shape index (κ2) is 10.7. The number of anilines is 1. The SMILES string of the molecule is COc1ccc2nc(N(CCCn3ccnc3)C(=O)c3cccc(SC)c3)sc2c1.Cl. The van der Waals surface area contributed by atoms with E-state index in [1.54, 1.807) is 36.3 Å². The minimum atomic E-state index is -0.0393. The number of carbonyl (C=O) groups is 1. The van der Waals surface area contributed by atoms with Crippen LogP contribution in [0.3, 0.4) is 0 Å². The lowest BCUT2D eigenvalue weighted by Crippen LogP contribution is -2.32. The highest BCUT2D eigenvalue weighted by molar-refractivity contribution is 7.98. The summed E-state index contributed by atoms with van der Waals surface area (Å²) in [6, 6.07) is 13.5. The first-order valence-corrected chi connectivity index (χ1v) is 11.6. The van der Waals surface area contributed by atoms with Crippen LogP contribution in [0.4, 0.5) is 5.13 Å². The van der Waals surface area contributed by atoms with Crippen LogP contribution in [0.2, 0.25) is 0 Å². The summed E-state index contributed by atoms with van der Waals surface area (Å²) >= 11 is 3.13. The van der Waals surface area contributed by atoms with Crippen molar-refractivity contribution in [3.8, 4) is 5.75 Å². The van der Waals surface area contributed by atoms with Gasteiger partial charge in [0.05, 0.1) is 23.7 Å². The summed E-state index contributed by atoms with van der Waals surface area (Å²) in [5.74, 6) is 0.742. The highest BCUT2D eigenvalue weighted by Gasteiger charge is 2.21. The van der Waals surface area contributed by atoms with E-state index in [0.717, 1.165) is 33.8 Å². The summed E-state index contributed by atoms with van der Waals surface area (Å²) in [7, 11) is 1.65. The third-order valence-corrected chi connectivity index (χ3v) is 6.50. The maximum Gasteiger partial charge on any atom is 0.260 e. The molecule has 0 radical (unpaired) electrons. The zero-order valence-electron chi connectivity index (χ0n) is 17.2. The van der Waals surface area contributed by atoms with E-state index in [1.165, 1.54) is 11.3 Å². The number of hydrogen-bond acceptors (Lipinski definition) is 6. The summed E-state index contributed by atoms with van der Waals surface area (Å²) in [4.78, 5) is 25.1. The van der Waals surface area contributed by atoms with Crippen LogP contribution in [0.1, 0.15) is 16.8 Å². The average molecular weight is 475 g/mol. The van der Waals surface area contributed by atoms with Crippen LogP contribution in [-0.2, 0) is 6.54 Å².